The number of nitriles is 1. The number of aromatic nitrogens is 6. The van der Waals surface area contributed by atoms with Gasteiger partial charge >= 0.3 is 0 Å². The summed E-state index contributed by atoms with van der Waals surface area (Å²) >= 11 is 0. The molecule has 5 heterocycles. The molecule has 1 aliphatic rings. The highest BCUT2D eigenvalue weighted by Crippen LogP contribution is 2.24. The molecule has 0 unspecified atom stereocenters. The average Bonchev–Trinajstić information content (AvgIpc) is 3.29. The van der Waals surface area contributed by atoms with Crippen LogP contribution in [0.1, 0.15) is 31.7 Å². The van der Waals surface area contributed by atoms with E-state index in [4.69, 9.17) is 10.2 Å². The van der Waals surface area contributed by atoms with E-state index >= 15 is 0 Å². The van der Waals surface area contributed by atoms with Gasteiger partial charge in [-0.15, -0.1) is 5.10 Å². The second-order valence-corrected chi connectivity index (χ2v) is 9.04. The number of hydrogen-bond acceptors (Lipinski definition) is 8. The number of pyridine rings is 2. The molecule has 1 N–H and O–H groups in total. The summed E-state index contributed by atoms with van der Waals surface area (Å²) in [6, 6.07) is 10.2. The number of anilines is 2. The maximum absolute atomic E-state index is 8.88. The number of fused-ring (bicyclic) bond motifs is 1. The van der Waals surface area contributed by atoms with Crippen LogP contribution >= 0.6 is 0 Å². The number of likely N-dealkylation sites (tertiary alicyclic amines) is 1. The summed E-state index contributed by atoms with van der Waals surface area (Å²) in [5, 5.41) is 24.9. The van der Waals surface area contributed by atoms with Crippen LogP contribution in [0.4, 0.5) is 11.6 Å². The van der Waals surface area contributed by atoms with E-state index in [1.54, 1.807) is 6.20 Å². The van der Waals surface area contributed by atoms with Gasteiger partial charge in [-0.1, -0.05) is 13.8 Å². The van der Waals surface area contributed by atoms with E-state index in [1.165, 1.54) is 0 Å². The summed E-state index contributed by atoms with van der Waals surface area (Å²) in [6.07, 6.45) is 8.57. The molecule has 9 nitrogen and oxygen atoms in total. The molecular weight excluding hydrogens is 426 g/mol. The van der Waals surface area contributed by atoms with Crippen LogP contribution in [0.3, 0.4) is 0 Å². The lowest BCUT2D eigenvalue weighted by Gasteiger charge is -2.35. The van der Waals surface area contributed by atoms with Crippen LogP contribution in [-0.2, 0) is 6.54 Å². The van der Waals surface area contributed by atoms with E-state index in [9.17, 15) is 0 Å². The van der Waals surface area contributed by atoms with Crippen LogP contribution in [0.25, 0.3) is 22.2 Å². The van der Waals surface area contributed by atoms with Crippen molar-refractivity contribution in [3.63, 3.8) is 0 Å². The first-order valence-electron chi connectivity index (χ1n) is 11.6. The highest BCUT2D eigenvalue weighted by Gasteiger charge is 2.25. The Morgan fingerprint density at radius 3 is 2.76 bits per heavy atom. The molecule has 34 heavy (non-hydrogen) atoms. The van der Waals surface area contributed by atoms with Crippen LogP contribution in [0.15, 0.2) is 49.1 Å². The molecule has 0 saturated carbocycles. The monoisotopic (exact) mass is 453 g/mol. The highest BCUT2D eigenvalue weighted by molar-refractivity contribution is 5.81. The number of nitrogens with one attached hydrogen (secondary N) is 1. The third-order valence-electron chi connectivity index (χ3n) is 6.10. The zero-order chi connectivity index (χ0) is 23.5. The largest absolute Gasteiger partial charge is 0.323 e. The molecule has 0 atom stereocenters. The Balaban J connectivity index is 1.26. The van der Waals surface area contributed by atoms with E-state index in [1.807, 2.05) is 47.5 Å². The van der Waals surface area contributed by atoms with Gasteiger partial charge in [0.05, 0.1) is 35.4 Å². The van der Waals surface area contributed by atoms with Gasteiger partial charge in [0, 0.05) is 43.2 Å². The number of hydrogen-bond donors (Lipinski definition) is 1. The standard InChI is InChI=1S/C25H27N9/c1-17(2)19-9-25(32-28-12-19)31-24-5-4-22-23(30-24)8-20(11-27-22)21-13-29-34(16-21)7-3-6-33-14-18(10-26)15-33/h4-5,8-9,11-13,16-18H,3,6-7,14-15H2,1-2H3,(H,30,31,32). The maximum atomic E-state index is 8.88. The van der Waals surface area contributed by atoms with E-state index in [-0.39, 0.29) is 5.92 Å². The van der Waals surface area contributed by atoms with Crippen molar-refractivity contribution < 1.29 is 0 Å². The zero-order valence-electron chi connectivity index (χ0n) is 19.4. The van der Waals surface area contributed by atoms with Crippen LogP contribution in [-0.4, -0.2) is 54.5 Å². The number of aryl methyl sites for hydroxylation is 1. The van der Waals surface area contributed by atoms with Gasteiger partial charge in [0.2, 0.25) is 0 Å². The normalized spacial score (nSPS) is 14.3. The van der Waals surface area contributed by atoms with Crippen LogP contribution in [0.5, 0.6) is 0 Å². The first-order valence-corrected chi connectivity index (χ1v) is 11.6. The Hall–Kier alpha value is -3.90. The quantitative estimate of drug-likeness (QED) is 0.426. The summed E-state index contributed by atoms with van der Waals surface area (Å²) in [6.45, 7) is 7.88. The molecule has 4 aromatic heterocycles. The smallest absolute Gasteiger partial charge is 0.154 e. The molecule has 0 amide bonds. The number of nitrogens with zero attached hydrogens (tertiary/aromatic N) is 8. The van der Waals surface area contributed by atoms with Gasteiger partial charge in [0.25, 0.3) is 0 Å². The van der Waals surface area contributed by atoms with Crippen LogP contribution in [0.2, 0.25) is 0 Å². The summed E-state index contributed by atoms with van der Waals surface area (Å²) in [4.78, 5) is 11.6. The molecule has 4 aromatic rings. The highest BCUT2D eigenvalue weighted by atomic mass is 15.3. The zero-order valence-corrected chi connectivity index (χ0v) is 19.4. The van der Waals surface area contributed by atoms with Crippen molar-refractivity contribution in [2.75, 3.05) is 25.0 Å². The van der Waals surface area contributed by atoms with Crippen LogP contribution in [0, 0.1) is 17.2 Å². The minimum absolute atomic E-state index is 0.208. The lowest BCUT2D eigenvalue weighted by atomic mass is 10.0. The SMILES string of the molecule is CC(C)c1cnnc(Nc2ccc3ncc(-c4cnn(CCCN5CC(C#N)C5)c4)cc3n2)c1. The Morgan fingerprint density at radius 1 is 1.06 bits per heavy atom. The lowest BCUT2D eigenvalue weighted by Crippen LogP contribution is -2.46. The average molecular weight is 454 g/mol. The third-order valence-corrected chi connectivity index (χ3v) is 6.10. The molecule has 172 valence electrons. The van der Waals surface area contributed by atoms with Gasteiger partial charge in [-0.05, 0) is 48.7 Å². The Morgan fingerprint density at radius 2 is 1.94 bits per heavy atom. The maximum Gasteiger partial charge on any atom is 0.154 e. The van der Waals surface area contributed by atoms with Gasteiger partial charge in [-0.2, -0.15) is 15.5 Å². The fourth-order valence-corrected chi connectivity index (χ4v) is 4.05. The minimum atomic E-state index is 0.208. The Bertz CT molecular complexity index is 1330. The molecule has 0 radical (unpaired) electrons. The summed E-state index contributed by atoms with van der Waals surface area (Å²) in [7, 11) is 0. The molecule has 5 rings (SSSR count). The molecule has 1 aliphatic heterocycles. The van der Waals surface area contributed by atoms with E-state index in [0.29, 0.717) is 17.6 Å². The Labute approximate surface area is 198 Å². The lowest BCUT2D eigenvalue weighted by molar-refractivity contribution is 0.131. The first kappa shape index (κ1) is 21.9. The molecule has 1 fully saturated rings. The minimum Gasteiger partial charge on any atom is -0.323 e. The molecule has 9 heteroatoms. The summed E-state index contributed by atoms with van der Waals surface area (Å²) in [5.41, 5.74) is 4.74. The summed E-state index contributed by atoms with van der Waals surface area (Å²) < 4.78 is 1.97. The number of rotatable bonds is 8. The van der Waals surface area contributed by atoms with Crippen molar-refractivity contribution in [1.29, 1.82) is 5.26 Å². The van der Waals surface area contributed by atoms with Crippen molar-refractivity contribution in [1.82, 2.24) is 34.8 Å². The Kier molecular flexibility index (Phi) is 6.14. The van der Waals surface area contributed by atoms with Crippen molar-refractivity contribution in [2.45, 2.75) is 32.7 Å². The fourth-order valence-electron chi connectivity index (χ4n) is 4.05. The molecular formula is C25H27N9. The van der Waals surface area contributed by atoms with Gasteiger partial charge < -0.3 is 10.2 Å². The van der Waals surface area contributed by atoms with Crippen molar-refractivity contribution in [3.05, 3.63) is 54.6 Å². The van der Waals surface area contributed by atoms with Crippen molar-refractivity contribution in [3.8, 4) is 17.2 Å². The predicted octanol–water partition coefficient (Wildman–Crippen LogP) is 4.00. The van der Waals surface area contributed by atoms with Gasteiger partial charge in [-0.25, -0.2) is 4.98 Å². The fraction of sp³-hybridized carbons (Fsp3) is 0.360. The molecule has 0 spiro atoms. The third kappa shape index (κ3) is 4.87. The van der Waals surface area contributed by atoms with Gasteiger partial charge in [0.15, 0.2) is 5.82 Å². The topological polar surface area (TPSA) is 108 Å². The van der Waals surface area contributed by atoms with E-state index in [0.717, 1.165) is 60.3 Å². The molecule has 0 aromatic carbocycles. The predicted molar refractivity (Wildman–Crippen MR) is 130 cm³/mol. The van der Waals surface area contributed by atoms with Gasteiger partial charge in [-0.3, -0.25) is 9.67 Å². The van der Waals surface area contributed by atoms with Crippen molar-refractivity contribution >= 4 is 22.7 Å². The van der Waals surface area contributed by atoms with Crippen molar-refractivity contribution in [2.24, 2.45) is 5.92 Å². The summed E-state index contributed by atoms with van der Waals surface area (Å²) in [5.74, 6) is 1.95. The molecule has 0 aliphatic carbocycles. The second-order valence-electron chi connectivity index (χ2n) is 9.04. The van der Waals surface area contributed by atoms with E-state index in [2.05, 4.69) is 50.4 Å². The second kappa shape index (κ2) is 9.53. The first-order chi connectivity index (χ1) is 16.6. The molecule has 0 bridgehead atoms. The van der Waals surface area contributed by atoms with Gasteiger partial charge in [0.1, 0.15) is 5.82 Å². The van der Waals surface area contributed by atoms with Crippen LogP contribution < -0.4 is 5.32 Å². The molecule has 1 saturated heterocycles. The van der Waals surface area contributed by atoms with E-state index < -0.39 is 0 Å².